The molecule has 32 heavy (non-hydrogen) atoms. The van der Waals surface area contributed by atoms with E-state index in [1.807, 2.05) is 26.0 Å². The lowest BCUT2D eigenvalue weighted by atomic mass is 10.1. The summed E-state index contributed by atoms with van der Waals surface area (Å²) in [6, 6.07) is 19.8. The number of carbonyl (C=O) groups excluding carboxylic acids is 1. The predicted octanol–water partition coefficient (Wildman–Crippen LogP) is 4.73. The molecule has 0 aliphatic rings. The average molecular weight is 473 g/mol. The largest absolute Gasteiger partial charge is 0.497 e. The number of halogens is 1. The molecule has 0 heterocycles. The van der Waals surface area contributed by atoms with Gasteiger partial charge in [0.2, 0.25) is 5.91 Å². The third kappa shape index (κ3) is 5.60. The fourth-order valence-corrected chi connectivity index (χ4v) is 4.70. The Hall–Kier alpha value is -3.03. The number of nitrogens with one attached hydrogen (secondary N) is 1. The molecule has 0 aromatic heterocycles. The predicted molar refractivity (Wildman–Crippen MR) is 127 cm³/mol. The van der Waals surface area contributed by atoms with Crippen molar-refractivity contribution in [2.45, 2.75) is 24.8 Å². The molecule has 0 unspecified atom stereocenters. The molecule has 8 heteroatoms. The zero-order valence-corrected chi connectivity index (χ0v) is 19.7. The highest BCUT2D eigenvalue weighted by Gasteiger charge is 2.27. The third-order valence-corrected chi connectivity index (χ3v) is 7.04. The van der Waals surface area contributed by atoms with Crippen molar-refractivity contribution in [3.8, 4) is 5.75 Å². The average Bonchev–Trinajstić information content (AvgIpc) is 2.78. The molecule has 0 bridgehead atoms. The summed E-state index contributed by atoms with van der Waals surface area (Å²) in [5.74, 6) is 0.282. The number of amides is 1. The van der Waals surface area contributed by atoms with Gasteiger partial charge in [-0.05, 0) is 67.9 Å². The van der Waals surface area contributed by atoms with E-state index in [9.17, 15) is 13.2 Å². The molecule has 3 aromatic carbocycles. The maximum Gasteiger partial charge on any atom is 0.264 e. The number of anilines is 1. The molecule has 3 rings (SSSR count). The number of rotatable bonds is 8. The van der Waals surface area contributed by atoms with Crippen molar-refractivity contribution in [3.05, 3.63) is 88.9 Å². The van der Waals surface area contributed by atoms with E-state index in [2.05, 4.69) is 5.32 Å². The molecule has 0 saturated carbocycles. The van der Waals surface area contributed by atoms with Gasteiger partial charge in [0, 0.05) is 5.02 Å². The van der Waals surface area contributed by atoms with Gasteiger partial charge in [0.25, 0.3) is 10.0 Å². The van der Waals surface area contributed by atoms with Crippen LogP contribution in [0.25, 0.3) is 0 Å². The number of aryl methyl sites for hydroxylation is 1. The van der Waals surface area contributed by atoms with Crippen molar-refractivity contribution in [1.29, 1.82) is 0 Å². The maximum absolute atomic E-state index is 13.4. The Morgan fingerprint density at radius 1 is 1.00 bits per heavy atom. The second-order valence-corrected chi connectivity index (χ2v) is 9.66. The molecule has 0 spiro atoms. The van der Waals surface area contributed by atoms with Crippen molar-refractivity contribution in [1.82, 2.24) is 5.32 Å². The third-order valence-electron chi connectivity index (χ3n) is 5.00. The second-order valence-electron chi connectivity index (χ2n) is 7.36. The van der Waals surface area contributed by atoms with Crippen LogP contribution in [0.15, 0.2) is 77.7 Å². The molecular weight excluding hydrogens is 448 g/mol. The van der Waals surface area contributed by atoms with E-state index in [4.69, 9.17) is 16.3 Å². The SMILES string of the molecule is COc1ccc([C@H](C)NC(=O)CN(c2ccc(Cl)cc2)S(=O)(=O)c2ccc(C)cc2)cc1. The van der Waals surface area contributed by atoms with Crippen LogP contribution in [0.1, 0.15) is 24.1 Å². The molecule has 0 aliphatic carbocycles. The minimum Gasteiger partial charge on any atom is -0.497 e. The second kappa shape index (κ2) is 10.1. The number of hydrogen-bond donors (Lipinski definition) is 1. The molecule has 0 fully saturated rings. The highest BCUT2D eigenvalue weighted by atomic mass is 35.5. The van der Waals surface area contributed by atoms with Gasteiger partial charge in [-0.15, -0.1) is 0 Å². The molecule has 0 saturated heterocycles. The molecule has 0 aliphatic heterocycles. The standard InChI is InChI=1S/C24H25ClN2O4S/c1-17-4-14-23(15-5-17)32(29,30)27(21-10-8-20(25)9-11-21)16-24(28)26-18(2)19-6-12-22(31-3)13-7-19/h4-15,18H,16H2,1-3H3,(H,26,28)/t18-/m0/s1. The Morgan fingerprint density at radius 3 is 2.16 bits per heavy atom. The Kier molecular flexibility index (Phi) is 7.43. The van der Waals surface area contributed by atoms with Gasteiger partial charge in [0.1, 0.15) is 12.3 Å². The lowest BCUT2D eigenvalue weighted by Crippen LogP contribution is -2.41. The zero-order chi connectivity index (χ0) is 23.3. The van der Waals surface area contributed by atoms with E-state index in [-0.39, 0.29) is 17.5 Å². The number of sulfonamides is 1. The van der Waals surface area contributed by atoms with E-state index in [0.717, 1.165) is 15.4 Å². The first kappa shape index (κ1) is 23.6. The summed E-state index contributed by atoms with van der Waals surface area (Å²) in [6.07, 6.45) is 0. The first-order chi connectivity index (χ1) is 15.2. The molecule has 3 aromatic rings. The van der Waals surface area contributed by atoms with Gasteiger partial charge >= 0.3 is 0 Å². The van der Waals surface area contributed by atoms with Crippen molar-refractivity contribution in [2.75, 3.05) is 18.0 Å². The molecule has 6 nitrogen and oxygen atoms in total. The van der Waals surface area contributed by atoms with Gasteiger partial charge in [-0.25, -0.2) is 8.42 Å². The van der Waals surface area contributed by atoms with Crippen molar-refractivity contribution in [2.24, 2.45) is 0 Å². The van der Waals surface area contributed by atoms with Crippen molar-refractivity contribution >= 4 is 33.2 Å². The minimum atomic E-state index is -3.98. The molecule has 1 N–H and O–H groups in total. The first-order valence-corrected chi connectivity index (χ1v) is 11.8. The molecule has 168 valence electrons. The van der Waals surface area contributed by atoms with Gasteiger partial charge in [-0.2, -0.15) is 0 Å². The Labute approximate surface area is 193 Å². The number of methoxy groups -OCH3 is 1. The number of ether oxygens (including phenoxy) is 1. The monoisotopic (exact) mass is 472 g/mol. The van der Waals surface area contributed by atoms with E-state index in [0.29, 0.717) is 16.5 Å². The van der Waals surface area contributed by atoms with Crippen molar-refractivity contribution in [3.63, 3.8) is 0 Å². The summed E-state index contributed by atoms with van der Waals surface area (Å²) in [7, 11) is -2.39. The topological polar surface area (TPSA) is 75.7 Å². The summed E-state index contributed by atoms with van der Waals surface area (Å²) < 4.78 is 33.0. The number of carbonyl (C=O) groups is 1. The first-order valence-electron chi connectivity index (χ1n) is 9.99. The van der Waals surface area contributed by atoms with Crippen LogP contribution >= 0.6 is 11.6 Å². The lowest BCUT2D eigenvalue weighted by Gasteiger charge is -2.25. The summed E-state index contributed by atoms with van der Waals surface area (Å²) in [4.78, 5) is 13.0. The van der Waals surface area contributed by atoms with E-state index in [1.165, 1.54) is 12.1 Å². The van der Waals surface area contributed by atoms with Crippen LogP contribution in [0.5, 0.6) is 5.75 Å². The number of benzene rings is 3. The highest BCUT2D eigenvalue weighted by molar-refractivity contribution is 7.92. The van der Waals surface area contributed by atoms with Gasteiger partial charge in [0.15, 0.2) is 0 Å². The van der Waals surface area contributed by atoms with E-state index in [1.54, 1.807) is 55.6 Å². The smallest absolute Gasteiger partial charge is 0.264 e. The number of nitrogens with zero attached hydrogens (tertiary/aromatic N) is 1. The Morgan fingerprint density at radius 2 is 1.59 bits per heavy atom. The number of hydrogen-bond acceptors (Lipinski definition) is 4. The summed E-state index contributed by atoms with van der Waals surface area (Å²) >= 11 is 5.97. The zero-order valence-electron chi connectivity index (χ0n) is 18.1. The van der Waals surface area contributed by atoms with Gasteiger partial charge in [-0.3, -0.25) is 9.10 Å². The van der Waals surface area contributed by atoms with Crippen LogP contribution in [0.3, 0.4) is 0 Å². The van der Waals surface area contributed by atoms with Crippen LogP contribution in [0, 0.1) is 6.92 Å². The minimum absolute atomic E-state index is 0.106. The van der Waals surface area contributed by atoms with Crippen molar-refractivity contribution < 1.29 is 17.9 Å². The quantitative estimate of drug-likeness (QED) is 0.514. The normalized spacial score (nSPS) is 12.1. The molecule has 0 radical (unpaired) electrons. The molecule has 1 atom stereocenters. The van der Waals surface area contributed by atoms with Crippen LogP contribution in [0.2, 0.25) is 5.02 Å². The van der Waals surface area contributed by atoms with Crippen LogP contribution in [0.4, 0.5) is 5.69 Å². The van der Waals surface area contributed by atoms with Crippen LogP contribution in [-0.4, -0.2) is 28.0 Å². The fraction of sp³-hybridized carbons (Fsp3) is 0.208. The molecular formula is C24H25ClN2O4S. The summed E-state index contributed by atoms with van der Waals surface area (Å²) in [5, 5.41) is 3.34. The summed E-state index contributed by atoms with van der Waals surface area (Å²) in [6.45, 7) is 3.33. The Bertz CT molecular complexity index is 1160. The van der Waals surface area contributed by atoms with Crippen LogP contribution in [-0.2, 0) is 14.8 Å². The summed E-state index contributed by atoms with van der Waals surface area (Å²) in [5.41, 5.74) is 2.16. The van der Waals surface area contributed by atoms with Gasteiger partial charge in [0.05, 0.1) is 23.7 Å². The van der Waals surface area contributed by atoms with Gasteiger partial charge in [-0.1, -0.05) is 41.4 Å². The fourth-order valence-electron chi connectivity index (χ4n) is 3.15. The van der Waals surface area contributed by atoms with E-state index >= 15 is 0 Å². The van der Waals surface area contributed by atoms with Crippen LogP contribution < -0.4 is 14.4 Å². The maximum atomic E-state index is 13.4. The highest BCUT2D eigenvalue weighted by Crippen LogP contribution is 2.26. The molecule has 1 amide bonds. The van der Waals surface area contributed by atoms with E-state index < -0.39 is 15.9 Å². The Balaban J connectivity index is 1.85. The lowest BCUT2D eigenvalue weighted by molar-refractivity contribution is -0.120. The van der Waals surface area contributed by atoms with Gasteiger partial charge < -0.3 is 10.1 Å².